The Morgan fingerprint density at radius 1 is 1.14 bits per heavy atom. The number of hydrogen-bond acceptors (Lipinski definition) is 5. The van der Waals surface area contributed by atoms with Crippen molar-refractivity contribution in [1.29, 1.82) is 0 Å². The normalized spacial score (nSPS) is 16.7. The number of rotatable bonds is 9. The minimum Gasteiger partial charge on any atom is -0.387 e. The number of hydrogen-bond donors (Lipinski definition) is 3. The lowest BCUT2D eigenvalue weighted by atomic mass is 10.1. The fourth-order valence-electron chi connectivity index (χ4n) is 3.75. The van der Waals surface area contributed by atoms with Crippen LogP contribution < -0.4 is 15.4 Å². The summed E-state index contributed by atoms with van der Waals surface area (Å²) in [6.07, 6.45) is 3.19. The van der Waals surface area contributed by atoms with Crippen LogP contribution in [0.4, 0.5) is 5.69 Å². The average Bonchev–Trinajstić information content (AvgIpc) is 3.25. The van der Waals surface area contributed by atoms with Crippen LogP contribution in [0.1, 0.15) is 43.4 Å². The standard InChI is InChI=1S/C22H31N3O3S/c1-17(9-10-18-7-3-2-4-8-18)24-16-21(26)19-11-12-20(25-13-5-6-14-25)22(15-19)29(23,27)28/h2-4,7-8,11-12,15,17,21,24,26H,5-6,9-10,13-14,16H2,1H3,(H2,23,27,28). The molecule has 0 amide bonds. The molecular formula is C22H31N3O3S. The van der Waals surface area contributed by atoms with Gasteiger partial charge in [-0.25, -0.2) is 13.6 Å². The lowest BCUT2D eigenvalue weighted by molar-refractivity contribution is 0.170. The average molecular weight is 418 g/mol. The summed E-state index contributed by atoms with van der Waals surface area (Å²) >= 11 is 0. The van der Waals surface area contributed by atoms with E-state index >= 15 is 0 Å². The molecule has 29 heavy (non-hydrogen) atoms. The fourth-order valence-corrected chi connectivity index (χ4v) is 4.53. The van der Waals surface area contributed by atoms with Crippen molar-refractivity contribution in [2.45, 2.75) is 49.6 Å². The molecule has 1 aliphatic rings. The molecule has 1 aliphatic heterocycles. The smallest absolute Gasteiger partial charge is 0.240 e. The van der Waals surface area contributed by atoms with Crippen LogP contribution in [0.2, 0.25) is 0 Å². The Morgan fingerprint density at radius 3 is 2.48 bits per heavy atom. The summed E-state index contributed by atoms with van der Waals surface area (Å²) in [7, 11) is -3.87. The molecule has 0 aromatic heterocycles. The maximum Gasteiger partial charge on any atom is 0.240 e. The molecule has 3 rings (SSSR count). The summed E-state index contributed by atoms with van der Waals surface area (Å²) in [6.45, 7) is 4.08. The zero-order valence-electron chi connectivity index (χ0n) is 16.9. The molecule has 2 unspecified atom stereocenters. The number of nitrogens with zero attached hydrogens (tertiary/aromatic N) is 1. The second-order valence-electron chi connectivity index (χ2n) is 7.82. The summed E-state index contributed by atoms with van der Waals surface area (Å²) in [5.41, 5.74) is 2.47. The number of aryl methyl sites for hydroxylation is 1. The minimum atomic E-state index is -3.87. The highest BCUT2D eigenvalue weighted by atomic mass is 32.2. The lowest BCUT2D eigenvalue weighted by Crippen LogP contribution is -2.31. The van der Waals surface area contributed by atoms with Crippen molar-refractivity contribution in [3.05, 3.63) is 59.7 Å². The molecule has 0 spiro atoms. The van der Waals surface area contributed by atoms with Crippen LogP contribution in [-0.2, 0) is 16.4 Å². The Bertz CT molecular complexity index is 897. The molecule has 1 fully saturated rings. The fraction of sp³-hybridized carbons (Fsp3) is 0.455. The molecule has 2 aromatic rings. The Morgan fingerprint density at radius 2 is 1.83 bits per heavy atom. The highest BCUT2D eigenvalue weighted by Gasteiger charge is 2.23. The van der Waals surface area contributed by atoms with Crippen LogP contribution >= 0.6 is 0 Å². The van der Waals surface area contributed by atoms with Crippen molar-refractivity contribution in [3.8, 4) is 0 Å². The van der Waals surface area contributed by atoms with Crippen LogP contribution in [0.3, 0.4) is 0 Å². The van der Waals surface area contributed by atoms with Gasteiger partial charge >= 0.3 is 0 Å². The van der Waals surface area contributed by atoms with Crippen molar-refractivity contribution in [1.82, 2.24) is 5.32 Å². The molecule has 0 radical (unpaired) electrons. The Balaban J connectivity index is 1.62. The number of benzene rings is 2. The molecule has 0 bridgehead atoms. The van der Waals surface area contributed by atoms with Gasteiger partial charge < -0.3 is 15.3 Å². The van der Waals surface area contributed by atoms with Gasteiger partial charge in [0.15, 0.2) is 0 Å². The summed E-state index contributed by atoms with van der Waals surface area (Å²) in [5, 5.41) is 19.4. The number of primary sulfonamides is 1. The Kier molecular flexibility index (Phi) is 7.29. The minimum absolute atomic E-state index is 0.0908. The van der Waals surface area contributed by atoms with E-state index in [1.54, 1.807) is 12.1 Å². The Hall–Kier alpha value is -1.93. The third-order valence-corrected chi connectivity index (χ3v) is 6.43. The first-order chi connectivity index (χ1) is 13.8. The van der Waals surface area contributed by atoms with Gasteiger partial charge in [0.1, 0.15) is 4.90 Å². The van der Waals surface area contributed by atoms with E-state index in [0.29, 0.717) is 17.8 Å². The van der Waals surface area contributed by atoms with Crippen LogP contribution in [0.15, 0.2) is 53.4 Å². The molecule has 1 saturated heterocycles. The quantitative estimate of drug-likeness (QED) is 0.583. The van der Waals surface area contributed by atoms with Gasteiger partial charge in [-0.15, -0.1) is 0 Å². The summed E-state index contributed by atoms with van der Waals surface area (Å²) < 4.78 is 24.3. The summed E-state index contributed by atoms with van der Waals surface area (Å²) in [5.74, 6) is 0. The van der Waals surface area contributed by atoms with Gasteiger partial charge in [-0.2, -0.15) is 0 Å². The zero-order chi connectivity index (χ0) is 20.9. The van der Waals surface area contributed by atoms with Gasteiger partial charge in [0.05, 0.1) is 11.8 Å². The van der Waals surface area contributed by atoms with Crippen LogP contribution in [0.5, 0.6) is 0 Å². The highest BCUT2D eigenvalue weighted by Crippen LogP contribution is 2.30. The first-order valence-corrected chi connectivity index (χ1v) is 11.8. The summed E-state index contributed by atoms with van der Waals surface area (Å²) in [6, 6.07) is 15.6. The van der Waals surface area contributed by atoms with Crippen molar-refractivity contribution in [2.75, 3.05) is 24.5 Å². The van der Waals surface area contributed by atoms with Crippen LogP contribution in [-0.4, -0.2) is 39.2 Å². The molecule has 2 atom stereocenters. The first kappa shape index (κ1) is 21.8. The number of aliphatic hydroxyl groups is 1. The number of sulfonamides is 1. The van der Waals surface area contributed by atoms with Crippen molar-refractivity contribution in [2.24, 2.45) is 5.14 Å². The zero-order valence-corrected chi connectivity index (χ0v) is 17.7. The third-order valence-electron chi connectivity index (χ3n) is 5.49. The molecular weight excluding hydrogens is 386 g/mol. The van der Waals surface area contributed by atoms with Crippen LogP contribution in [0.25, 0.3) is 0 Å². The van der Waals surface area contributed by atoms with Crippen molar-refractivity contribution < 1.29 is 13.5 Å². The molecule has 1 heterocycles. The highest BCUT2D eigenvalue weighted by molar-refractivity contribution is 7.89. The maximum absolute atomic E-state index is 12.1. The van der Waals surface area contributed by atoms with Gasteiger partial charge in [-0.05, 0) is 55.9 Å². The molecule has 158 valence electrons. The van der Waals surface area contributed by atoms with Crippen LogP contribution in [0, 0.1) is 0 Å². The summed E-state index contributed by atoms with van der Waals surface area (Å²) in [4.78, 5) is 2.13. The van der Waals surface area contributed by atoms with Gasteiger partial charge in [0.25, 0.3) is 0 Å². The molecule has 0 saturated carbocycles. The second-order valence-corrected chi connectivity index (χ2v) is 9.35. The maximum atomic E-state index is 12.1. The SMILES string of the molecule is CC(CCc1ccccc1)NCC(O)c1ccc(N2CCCC2)c(S(N)(=O)=O)c1. The van der Waals surface area contributed by atoms with E-state index in [1.807, 2.05) is 23.1 Å². The van der Waals surface area contributed by atoms with E-state index in [1.165, 1.54) is 11.6 Å². The first-order valence-electron chi connectivity index (χ1n) is 10.2. The van der Waals surface area contributed by atoms with E-state index in [-0.39, 0.29) is 10.9 Å². The number of anilines is 1. The lowest BCUT2D eigenvalue weighted by Gasteiger charge is -2.23. The van der Waals surface area contributed by atoms with E-state index < -0.39 is 16.1 Å². The molecule has 7 heteroatoms. The Labute approximate surface area is 173 Å². The van der Waals surface area contributed by atoms with Crippen molar-refractivity contribution in [3.63, 3.8) is 0 Å². The molecule has 6 nitrogen and oxygen atoms in total. The largest absolute Gasteiger partial charge is 0.387 e. The number of aliphatic hydroxyl groups excluding tert-OH is 1. The third kappa shape index (κ3) is 6.02. The monoisotopic (exact) mass is 417 g/mol. The number of nitrogens with one attached hydrogen (secondary N) is 1. The van der Waals surface area contributed by atoms with Gasteiger partial charge in [-0.1, -0.05) is 36.4 Å². The molecule has 0 aliphatic carbocycles. The van der Waals surface area contributed by atoms with Crippen molar-refractivity contribution >= 4 is 15.7 Å². The predicted molar refractivity (Wildman–Crippen MR) is 116 cm³/mol. The van der Waals surface area contributed by atoms with E-state index in [2.05, 4.69) is 24.4 Å². The van der Waals surface area contributed by atoms with E-state index in [9.17, 15) is 13.5 Å². The van der Waals surface area contributed by atoms with Gasteiger partial charge in [0.2, 0.25) is 10.0 Å². The molecule has 2 aromatic carbocycles. The number of nitrogens with two attached hydrogens (primary N) is 1. The predicted octanol–water partition coefficient (Wildman–Crippen LogP) is 2.58. The van der Waals surface area contributed by atoms with Gasteiger partial charge in [0, 0.05) is 25.7 Å². The molecule has 4 N–H and O–H groups in total. The van der Waals surface area contributed by atoms with E-state index in [4.69, 9.17) is 5.14 Å². The topological polar surface area (TPSA) is 95.7 Å². The second kappa shape index (κ2) is 9.71. The van der Waals surface area contributed by atoms with Gasteiger partial charge in [-0.3, -0.25) is 0 Å². The van der Waals surface area contributed by atoms with E-state index in [0.717, 1.165) is 38.8 Å².